The lowest BCUT2D eigenvalue weighted by molar-refractivity contribution is -0.147. The molecule has 0 saturated heterocycles. The van der Waals surface area contributed by atoms with Gasteiger partial charge in [-0.2, -0.15) is 0 Å². The summed E-state index contributed by atoms with van der Waals surface area (Å²) < 4.78 is 29.9. The molecule has 0 aromatic heterocycles. The summed E-state index contributed by atoms with van der Waals surface area (Å²) in [7, 11) is -3.73. The zero-order valence-electron chi connectivity index (χ0n) is 15.5. The van der Waals surface area contributed by atoms with Gasteiger partial charge in [0.2, 0.25) is 10.0 Å². The maximum atomic E-state index is 12.1. The van der Waals surface area contributed by atoms with Gasteiger partial charge in [0.15, 0.2) is 6.61 Å². The molecule has 1 aliphatic carbocycles. The molecule has 7 nitrogen and oxygen atoms in total. The lowest BCUT2D eigenvalue weighted by Crippen LogP contribution is -2.43. The second-order valence-corrected chi connectivity index (χ2v) is 9.19. The van der Waals surface area contributed by atoms with E-state index in [1.807, 2.05) is 0 Å². The summed E-state index contributed by atoms with van der Waals surface area (Å²) in [5.41, 5.74) is 0.252. The molecule has 0 radical (unpaired) electrons. The Labute approximate surface area is 165 Å². The second kappa shape index (κ2) is 9.41. The van der Waals surface area contributed by atoms with E-state index < -0.39 is 29.1 Å². The van der Waals surface area contributed by atoms with E-state index in [0.29, 0.717) is 10.9 Å². The van der Waals surface area contributed by atoms with Gasteiger partial charge >= 0.3 is 5.97 Å². The van der Waals surface area contributed by atoms with Crippen molar-refractivity contribution >= 4 is 39.2 Å². The summed E-state index contributed by atoms with van der Waals surface area (Å²) >= 11 is 5.89. The maximum absolute atomic E-state index is 12.1. The number of halogens is 1. The van der Waals surface area contributed by atoms with Crippen LogP contribution in [0.3, 0.4) is 0 Å². The van der Waals surface area contributed by atoms with E-state index in [2.05, 4.69) is 12.2 Å². The summed E-state index contributed by atoms with van der Waals surface area (Å²) in [4.78, 5) is 24.1. The molecule has 1 aromatic rings. The number of esters is 1. The topological polar surface area (TPSA) is 92.8 Å². The molecule has 27 heavy (non-hydrogen) atoms. The van der Waals surface area contributed by atoms with Crippen LogP contribution in [0.15, 0.2) is 24.3 Å². The Balaban J connectivity index is 1.91. The molecule has 2 rings (SSSR count). The van der Waals surface area contributed by atoms with Crippen LogP contribution in [-0.2, 0) is 24.3 Å². The van der Waals surface area contributed by atoms with Crippen molar-refractivity contribution in [3.8, 4) is 0 Å². The third-order valence-electron chi connectivity index (χ3n) is 4.59. The van der Waals surface area contributed by atoms with Gasteiger partial charge in [-0.15, -0.1) is 0 Å². The van der Waals surface area contributed by atoms with Crippen molar-refractivity contribution in [1.29, 1.82) is 0 Å². The minimum atomic E-state index is -3.73. The third kappa shape index (κ3) is 6.70. The monoisotopic (exact) mass is 416 g/mol. The highest BCUT2D eigenvalue weighted by Crippen LogP contribution is 2.24. The average Bonchev–Trinajstić information content (AvgIpc) is 2.59. The number of nitrogens with zero attached hydrogens (tertiary/aromatic N) is 1. The Morgan fingerprint density at radius 1 is 1.30 bits per heavy atom. The van der Waals surface area contributed by atoms with Crippen molar-refractivity contribution in [2.45, 2.75) is 38.6 Å². The van der Waals surface area contributed by atoms with Crippen LogP contribution in [-0.4, -0.2) is 45.7 Å². The quantitative estimate of drug-likeness (QED) is 0.688. The van der Waals surface area contributed by atoms with Crippen LogP contribution in [0.1, 0.15) is 32.6 Å². The van der Waals surface area contributed by atoms with Gasteiger partial charge < -0.3 is 10.1 Å². The fraction of sp³-hybridized carbons (Fsp3) is 0.556. The number of carbonyl (C=O) groups excluding carboxylic acids is 2. The van der Waals surface area contributed by atoms with E-state index in [4.69, 9.17) is 16.3 Å². The molecule has 1 N–H and O–H groups in total. The lowest BCUT2D eigenvalue weighted by Gasteiger charge is -2.29. The Bertz CT molecular complexity index is 784. The predicted molar refractivity (Wildman–Crippen MR) is 104 cm³/mol. The first-order chi connectivity index (χ1) is 12.7. The summed E-state index contributed by atoms with van der Waals surface area (Å²) in [6.45, 7) is 1.12. The van der Waals surface area contributed by atoms with E-state index in [-0.39, 0.29) is 17.6 Å². The van der Waals surface area contributed by atoms with Crippen LogP contribution in [0.4, 0.5) is 5.69 Å². The molecule has 0 aliphatic heterocycles. The highest BCUT2D eigenvalue weighted by Gasteiger charge is 2.25. The number of carbonyl (C=O) groups is 2. The predicted octanol–water partition coefficient (Wildman–Crippen LogP) is 2.34. The Morgan fingerprint density at radius 3 is 2.63 bits per heavy atom. The molecule has 1 fully saturated rings. The van der Waals surface area contributed by atoms with Gasteiger partial charge in [-0.25, -0.2) is 8.42 Å². The summed E-state index contributed by atoms with van der Waals surface area (Å²) in [6.07, 6.45) is 5.19. The van der Waals surface area contributed by atoms with Crippen molar-refractivity contribution in [2.75, 3.05) is 23.7 Å². The molecule has 0 spiro atoms. The van der Waals surface area contributed by atoms with Gasteiger partial charge in [-0.1, -0.05) is 37.4 Å². The molecule has 9 heteroatoms. The van der Waals surface area contributed by atoms with E-state index in [1.54, 1.807) is 12.1 Å². The molecule has 1 saturated carbocycles. The van der Waals surface area contributed by atoms with Crippen molar-refractivity contribution < 1.29 is 22.7 Å². The van der Waals surface area contributed by atoms with Crippen LogP contribution in [0.25, 0.3) is 0 Å². The fourth-order valence-corrected chi connectivity index (χ4v) is 4.14. The zero-order valence-corrected chi connectivity index (χ0v) is 17.1. The number of benzene rings is 1. The molecular formula is C18H25ClN2O5S. The first-order valence-electron chi connectivity index (χ1n) is 8.85. The van der Waals surface area contributed by atoms with Crippen LogP contribution < -0.4 is 9.62 Å². The first kappa shape index (κ1) is 21.5. The van der Waals surface area contributed by atoms with Crippen molar-refractivity contribution in [3.63, 3.8) is 0 Å². The minimum absolute atomic E-state index is 0.0870. The maximum Gasteiger partial charge on any atom is 0.327 e. The Kier molecular flexibility index (Phi) is 7.49. The Hall–Kier alpha value is -1.80. The molecule has 0 bridgehead atoms. The van der Waals surface area contributed by atoms with Gasteiger partial charge in [0.1, 0.15) is 6.54 Å². The lowest BCUT2D eigenvalue weighted by atomic mass is 9.86. The van der Waals surface area contributed by atoms with Crippen molar-refractivity contribution in [2.24, 2.45) is 5.92 Å². The SMILES string of the molecule is C[C@@H]1CCCC[C@@H]1NC(=O)COC(=O)CN(c1cccc(Cl)c1)S(C)(=O)=O. The first-order valence-corrected chi connectivity index (χ1v) is 11.1. The van der Waals surface area contributed by atoms with Gasteiger partial charge in [-0.3, -0.25) is 13.9 Å². The zero-order chi connectivity index (χ0) is 20.0. The van der Waals surface area contributed by atoms with Gasteiger partial charge in [-0.05, 0) is 37.0 Å². The van der Waals surface area contributed by atoms with Gasteiger partial charge in [0.25, 0.3) is 5.91 Å². The Morgan fingerprint density at radius 2 is 2.00 bits per heavy atom. The van der Waals surface area contributed by atoms with Crippen LogP contribution in [0.5, 0.6) is 0 Å². The van der Waals surface area contributed by atoms with Crippen molar-refractivity contribution in [3.05, 3.63) is 29.3 Å². The molecule has 0 heterocycles. The van der Waals surface area contributed by atoms with E-state index in [1.165, 1.54) is 12.1 Å². The highest BCUT2D eigenvalue weighted by atomic mass is 35.5. The number of ether oxygens (including phenoxy) is 1. The van der Waals surface area contributed by atoms with Crippen LogP contribution in [0, 0.1) is 5.92 Å². The highest BCUT2D eigenvalue weighted by molar-refractivity contribution is 7.92. The second-order valence-electron chi connectivity index (χ2n) is 6.85. The van der Waals surface area contributed by atoms with Gasteiger partial charge in [0, 0.05) is 11.1 Å². The van der Waals surface area contributed by atoms with Crippen LogP contribution >= 0.6 is 11.6 Å². The number of anilines is 1. The summed E-state index contributed by atoms with van der Waals surface area (Å²) in [5.74, 6) is -0.801. The molecule has 0 unspecified atom stereocenters. The standard InChI is InChI=1S/C18H25ClN2O5S/c1-13-6-3-4-9-16(13)20-17(22)12-26-18(23)11-21(27(2,24)25)15-8-5-7-14(19)10-15/h5,7-8,10,13,16H,3-4,6,9,11-12H2,1-2H3,(H,20,22)/t13-,16+/m1/s1. The molecule has 1 aliphatic rings. The number of nitrogens with one attached hydrogen (secondary N) is 1. The minimum Gasteiger partial charge on any atom is -0.454 e. The van der Waals surface area contributed by atoms with Gasteiger partial charge in [0.05, 0.1) is 11.9 Å². The fourth-order valence-electron chi connectivity index (χ4n) is 3.12. The molecule has 1 amide bonds. The van der Waals surface area contributed by atoms with E-state index in [9.17, 15) is 18.0 Å². The number of sulfonamides is 1. The molecule has 2 atom stereocenters. The normalized spacial score (nSPS) is 20.0. The molecule has 1 aromatic carbocycles. The number of amides is 1. The van der Waals surface area contributed by atoms with Crippen molar-refractivity contribution in [1.82, 2.24) is 5.32 Å². The van der Waals surface area contributed by atoms with E-state index in [0.717, 1.165) is 36.2 Å². The number of hydrogen-bond acceptors (Lipinski definition) is 5. The summed E-state index contributed by atoms with van der Waals surface area (Å²) in [5, 5.41) is 3.22. The number of hydrogen-bond donors (Lipinski definition) is 1. The smallest absolute Gasteiger partial charge is 0.327 e. The largest absolute Gasteiger partial charge is 0.454 e. The average molecular weight is 417 g/mol. The number of rotatable bonds is 7. The van der Waals surface area contributed by atoms with Crippen LogP contribution in [0.2, 0.25) is 5.02 Å². The van der Waals surface area contributed by atoms with E-state index >= 15 is 0 Å². The molecular weight excluding hydrogens is 392 g/mol. The summed E-state index contributed by atoms with van der Waals surface area (Å²) in [6, 6.07) is 6.23. The third-order valence-corrected chi connectivity index (χ3v) is 5.97. The molecule has 150 valence electrons.